The van der Waals surface area contributed by atoms with Gasteiger partial charge < -0.3 is 15.0 Å². The van der Waals surface area contributed by atoms with Gasteiger partial charge in [0.25, 0.3) is 0 Å². The van der Waals surface area contributed by atoms with Gasteiger partial charge in [-0.15, -0.1) is 0 Å². The molecule has 1 aliphatic heterocycles. The average molecular weight is 284 g/mol. The topological polar surface area (TPSA) is 58.6 Å². The summed E-state index contributed by atoms with van der Waals surface area (Å²) in [7, 11) is 0. The van der Waals surface area contributed by atoms with Crippen LogP contribution in [-0.4, -0.2) is 41.6 Å². The molecule has 0 aromatic heterocycles. The highest BCUT2D eigenvalue weighted by atomic mass is 16.6. The molecule has 2 atom stereocenters. The zero-order valence-electron chi connectivity index (χ0n) is 13.4. The van der Waals surface area contributed by atoms with E-state index in [4.69, 9.17) is 4.74 Å². The van der Waals surface area contributed by atoms with Crippen molar-refractivity contribution in [2.75, 3.05) is 13.1 Å². The third-order valence-corrected chi connectivity index (χ3v) is 3.57. The fourth-order valence-electron chi connectivity index (χ4n) is 2.25. The predicted octanol–water partition coefficient (Wildman–Crippen LogP) is 2.55. The lowest BCUT2D eigenvalue weighted by Crippen LogP contribution is -2.52. The Morgan fingerprint density at radius 1 is 1.25 bits per heavy atom. The normalized spacial score (nSPS) is 18.6. The van der Waals surface area contributed by atoms with Gasteiger partial charge in [-0.05, 0) is 39.5 Å². The van der Waals surface area contributed by atoms with Crippen molar-refractivity contribution in [3.8, 4) is 0 Å². The van der Waals surface area contributed by atoms with Crippen LogP contribution in [0.2, 0.25) is 0 Å². The van der Waals surface area contributed by atoms with E-state index in [-0.39, 0.29) is 11.8 Å². The molecule has 0 bridgehead atoms. The number of alkyl carbamates (subject to hydrolysis) is 1. The Labute approximate surface area is 122 Å². The van der Waals surface area contributed by atoms with Crippen LogP contribution in [-0.2, 0) is 9.53 Å². The third-order valence-electron chi connectivity index (χ3n) is 3.57. The van der Waals surface area contributed by atoms with Crippen LogP contribution in [0.5, 0.6) is 0 Å². The minimum Gasteiger partial charge on any atom is -0.444 e. The molecular formula is C15H28N2O3. The lowest BCUT2D eigenvalue weighted by atomic mass is 9.98. The first-order valence-electron chi connectivity index (χ1n) is 7.53. The summed E-state index contributed by atoms with van der Waals surface area (Å²) in [5.74, 6) is 0.110. The second-order valence-corrected chi connectivity index (χ2v) is 6.54. The van der Waals surface area contributed by atoms with Crippen molar-refractivity contribution in [3.63, 3.8) is 0 Å². The molecule has 20 heavy (non-hydrogen) atoms. The van der Waals surface area contributed by atoms with Crippen LogP contribution in [0.3, 0.4) is 0 Å². The second kappa shape index (κ2) is 6.95. The summed E-state index contributed by atoms with van der Waals surface area (Å²) in [6, 6.07) is -0.493. The summed E-state index contributed by atoms with van der Waals surface area (Å²) >= 11 is 0. The molecule has 0 unspecified atom stereocenters. The molecule has 1 heterocycles. The molecule has 1 fully saturated rings. The number of amides is 2. The summed E-state index contributed by atoms with van der Waals surface area (Å²) in [6.07, 6.45) is 2.41. The minimum atomic E-state index is -0.555. The summed E-state index contributed by atoms with van der Waals surface area (Å²) in [4.78, 5) is 26.2. The predicted molar refractivity (Wildman–Crippen MR) is 78.4 cm³/mol. The highest BCUT2D eigenvalue weighted by Gasteiger charge is 2.32. The maximum atomic E-state index is 12.5. The first-order valence-corrected chi connectivity index (χ1v) is 7.53. The Hall–Kier alpha value is -1.26. The van der Waals surface area contributed by atoms with Crippen molar-refractivity contribution in [1.82, 2.24) is 10.2 Å². The van der Waals surface area contributed by atoms with E-state index in [1.807, 2.05) is 39.5 Å². The van der Waals surface area contributed by atoms with E-state index in [1.165, 1.54) is 0 Å². The van der Waals surface area contributed by atoms with E-state index < -0.39 is 17.7 Å². The molecule has 5 nitrogen and oxygen atoms in total. The van der Waals surface area contributed by atoms with Gasteiger partial charge in [-0.1, -0.05) is 20.3 Å². The molecule has 2 amide bonds. The maximum Gasteiger partial charge on any atom is 0.408 e. The molecule has 5 heteroatoms. The summed E-state index contributed by atoms with van der Waals surface area (Å²) < 4.78 is 5.25. The quantitative estimate of drug-likeness (QED) is 0.863. The van der Waals surface area contributed by atoms with Crippen molar-refractivity contribution in [3.05, 3.63) is 0 Å². The van der Waals surface area contributed by atoms with E-state index >= 15 is 0 Å². The number of hydrogen-bond donors (Lipinski definition) is 1. The fraction of sp³-hybridized carbons (Fsp3) is 0.867. The van der Waals surface area contributed by atoms with E-state index in [0.717, 1.165) is 32.4 Å². The third kappa shape index (κ3) is 5.02. The molecule has 0 aromatic rings. The Kier molecular flexibility index (Phi) is 5.84. The number of nitrogens with one attached hydrogen (secondary N) is 1. The monoisotopic (exact) mass is 284 g/mol. The molecule has 0 aromatic carbocycles. The number of hydrogen-bond acceptors (Lipinski definition) is 3. The van der Waals surface area contributed by atoms with Gasteiger partial charge in [-0.25, -0.2) is 4.79 Å². The van der Waals surface area contributed by atoms with Gasteiger partial charge in [0.05, 0.1) is 0 Å². The highest BCUT2D eigenvalue weighted by Crippen LogP contribution is 2.16. The smallest absolute Gasteiger partial charge is 0.408 e. The van der Waals surface area contributed by atoms with Crippen LogP contribution in [0, 0.1) is 5.92 Å². The number of carbonyl (C=O) groups excluding carboxylic acids is 2. The summed E-state index contributed by atoms with van der Waals surface area (Å²) in [6.45, 7) is 11.0. The summed E-state index contributed by atoms with van der Waals surface area (Å²) in [5.41, 5.74) is -0.555. The van der Waals surface area contributed by atoms with Crippen LogP contribution < -0.4 is 5.32 Å². The molecule has 0 radical (unpaired) electrons. The summed E-state index contributed by atoms with van der Waals surface area (Å²) in [5, 5.41) is 2.75. The molecule has 1 aliphatic rings. The van der Waals surface area contributed by atoms with Crippen LogP contribution in [0.25, 0.3) is 0 Å². The molecule has 1 rings (SSSR count). The van der Waals surface area contributed by atoms with Crippen molar-refractivity contribution < 1.29 is 14.3 Å². The van der Waals surface area contributed by atoms with Gasteiger partial charge in [0.2, 0.25) is 5.91 Å². The van der Waals surface area contributed by atoms with Crippen molar-refractivity contribution >= 4 is 12.0 Å². The molecule has 0 spiro atoms. The number of nitrogens with zero attached hydrogens (tertiary/aromatic N) is 1. The first-order chi connectivity index (χ1) is 9.24. The lowest BCUT2D eigenvalue weighted by molar-refractivity contribution is -0.133. The zero-order valence-corrected chi connectivity index (χ0v) is 13.4. The molecular weight excluding hydrogens is 256 g/mol. The zero-order chi connectivity index (χ0) is 15.3. The van der Waals surface area contributed by atoms with Crippen molar-refractivity contribution in [2.45, 2.75) is 65.5 Å². The number of likely N-dealkylation sites (tertiary alicyclic amines) is 1. The minimum absolute atomic E-state index is 0.0164. The van der Waals surface area contributed by atoms with Crippen LogP contribution in [0.4, 0.5) is 4.79 Å². The van der Waals surface area contributed by atoms with Crippen LogP contribution in [0.1, 0.15) is 53.9 Å². The van der Waals surface area contributed by atoms with Crippen molar-refractivity contribution in [1.29, 1.82) is 0 Å². The molecule has 1 N–H and O–H groups in total. The first kappa shape index (κ1) is 16.8. The lowest BCUT2D eigenvalue weighted by Gasteiger charge is -2.29. The SMILES string of the molecule is CC[C@@H](C)[C@@H](NC(=O)OC(C)(C)C)C(=O)N1CCCC1. The average Bonchev–Trinajstić information content (AvgIpc) is 2.85. The number of rotatable bonds is 4. The van der Waals surface area contributed by atoms with Gasteiger partial charge in [0.15, 0.2) is 0 Å². The Morgan fingerprint density at radius 3 is 2.25 bits per heavy atom. The van der Waals surface area contributed by atoms with Crippen LogP contribution in [0.15, 0.2) is 0 Å². The van der Waals surface area contributed by atoms with Gasteiger partial charge >= 0.3 is 6.09 Å². The maximum absolute atomic E-state index is 12.5. The van der Waals surface area contributed by atoms with Crippen LogP contribution >= 0.6 is 0 Å². The van der Waals surface area contributed by atoms with Gasteiger partial charge in [-0.3, -0.25) is 4.79 Å². The highest BCUT2D eigenvalue weighted by molar-refractivity contribution is 5.86. The van der Waals surface area contributed by atoms with E-state index in [1.54, 1.807) is 0 Å². The van der Waals surface area contributed by atoms with Crippen molar-refractivity contribution in [2.24, 2.45) is 5.92 Å². The van der Waals surface area contributed by atoms with E-state index in [2.05, 4.69) is 5.32 Å². The Morgan fingerprint density at radius 2 is 1.80 bits per heavy atom. The standard InChI is InChI=1S/C15H28N2O3/c1-6-11(2)12(13(18)17-9-7-8-10-17)16-14(19)20-15(3,4)5/h11-12H,6-10H2,1-5H3,(H,16,19)/t11-,12-/m1/s1. The Bertz CT molecular complexity index is 344. The fourth-order valence-corrected chi connectivity index (χ4v) is 2.25. The number of ether oxygens (including phenoxy) is 1. The van der Waals surface area contributed by atoms with E-state index in [0.29, 0.717) is 0 Å². The van der Waals surface area contributed by atoms with Gasteiger partial charge in [0.1, 0.15) is 11.6 Å². The number of carbonyl (C=O) groups is 2. The molecule has 1 saturated heterocycles. The largest absolute Gasteiger partial charge is 0.444 e. The van der Waals surface area contributed by atoms with Gasteiger partial charge in [0, 0.05) is 13.1 Å². The molecule has 116 valence electrons. The second-order valence-electron chi connectivity index (χ2n) is 6.54. The van der Waals surface area contributed by atoms with Gasteiger partial charge in [-0.2, -0.15) is 0 Å². The Balaban J connectivity index is 2.69. The molecule has 0 saturated carbocycles. The van der Waals surface area contributed by atoms with E-state index in [9.17, 15) is 9.59 Å². The molecule has 0 aliphatic carbocycles.